The topological polar surface area (TPSA) is 54.9 Å². The van der Waals surface area contributed by atoms with Crippen LogP contribution in [0.15, 0.2) is 71.3 Å². The van der Waals surface area contributed by atoms with E-state index >= 15 is 0 Å². The molecular weight excluding hydrogens is 410 g/mol. The number of benzene rings is 2. The summed E-state index contributed by atoms with van der Waals surface area (Å²) < 4.78 is 0. The van der Waals surface area contributed by atoms with Crippen LogP contribution in [-0.4, -0.2) is 21.6 Å². The van der Waals surface area contributed by atoms with Crippen LogP contribution in [0.1, 0.15) is 30.0 Å². The summed E-state index contributed by atoms with van der Waals surface area (Å²) in [5, 5.41) is 7.25. The molecule has 0 saturated carbocycles. The van der Waals surface area contributed by atoms with E-state index in [0.29, 0.717) is 5.75 Å². The minimum Gasteiger partial charge on any atom is -0.349 e. The second kappa shape index (κ2) is 8.58. The summed E-state index contributed by atoms with van der Waals surface area (Å²) in [5.74, 6) is 0.388. The van der Waals surface area contributed by atoms with Crippen molar-refractivity contribution in [2.45, 2.75) is 30.3 Å². The van der Waals surface area contributed by atoms with Crippen molar-refractivity contribution >= 4 is 39.2 Å². The SMILES string of the molecule is O=C(CSc1ncnc2scc(-c3ccccc3)c12)N[C@H]1CCCc2ccccc21. The van der Waals surface area contributed by atoms with Crippen molar-refractivity contribution in [3.8, 4) is 11.1 Å². The summed E-state index contributed by atoms with van der Waals surface area (Å²) in [6, 6.07) is 18.8. The second-order valence-corrected chi connectivity index (χ2v) is 9.20. The van der Waals surface area contributed by atoms with Crippen molar-refractivity contribution in [1.82, 2.24) is 15.3 Å². The Morgan fingerprint density at radius 2 is 1.93 bits per heavy atom. The number of thiophene rings is 1. The first-order valence-corrected chi connectivity index (χ1v) is 11.9. The molecule has 1 aliphatic rings. The first-order valence-electron chi connectivity index (χ1n) is 10.1. The van der Waals surface area contributed by atoms with Gasteiger partial charge in [0, 0.05) is 10.9 Å². The molecule has 1 atom stereocenters. The summed E-state index contributed by atoms with van der Waals surface area (Å²) in [4.78, 5) is 22.6. The molecule has 6 heteroatoms. The smallest absolute Gasteiger partial charge is 0.230 e. The first kappa shape index (κ1) is 19.3. The zero-order chi connectivity index (χ0) is 20.3. The van der Waals surface area contributed by atoms with E-state index in [9.17, 15) is 4.79 Å². The van der Waals surface area contributed by atoms with Gasteiger partial charge in [-0.05, 0) is 36.0 Å². The van der Waals surface area contributed by atoms with Gasteiger partial charge >= 0.3 is 0 Å². The van der Waals surface area contributed by atoms with Gasteiger partial charge in [0.05, 0.1) is 17.2 Å². The van der Waals surface area contributed by atoms with E-state index in [1.165, 1.54) is 22.9 Å². The molecule has 0 saturated heterocycles. The second-order valence-electron chi connectivity index (χ2n) is 7.37. The Morgan fingerprint density at radius 3 is 2.83 bits per heavy atom. The number of hydrogen-bond acceptors (Lipinski definition) is 5. The van der Waals surface area contributed by atoms with Gasteiger partial charge < -0.3 is 5.32 Å². The van der Waals surface area contributed by atoms with Gasteiger partial charge in [0.1, 0.15) is 16.2 Å². The molecule has 1 N–H and O–H groups in total. The first-order chi connectivity index (χ1) is 14.8. The van der Waals surface area contributed by atoms with E-state index < -0.39 is 0 Å². The Balaban J connectivity index is 1.34. The lowest BCUT2D eigenvalue weighted by Crippen LogP contribution is -2.32. The lowest BCUT2D eigenvalue weighted by Gasteiger charge is -2.26. The van der Waals surface area contributed by atoms with Gasteiger partial charge in [0.15, 0.2) is 0 Å². The molecule has 0 spiro atoms. The van der Waals surface area contributed by atoms with Crippen molar-refractivity contribution in [2.75, 3.05) is 5.75 Å². The van der Waals surface area contributed by atoms with Crippen molar-refractivity contribution in [2.24, 2.45) is 0 Å². The summed E-state index contributed by atoms with van der Waals surface area (Å²) in [6.45, 7) is 0. The Kier molecular flexibility index (Phi) is 5.51. The number of fused-ring (bicyclic) bond motifs is 2. The maximum absolute atomic E-state index is 12.8. The summed E-state index contributed by atoms with van der Waals surface area (Å²) in [6.07, 6.45) is 4.78. The fraction of sp³-hybridized carbons (Fsp3) is 0.208. The zero-order valence-electron chi connectivity index (χ0n) is 16.4. The highest BCUT2D eigenvalue weighted by atomic mass is 32.2. The Bertz CT molecular complexity index is 1190. The summed E-state index contributed by atoms with van der Waals surface area (Å²) in [7, 11) is 0. The molecule has 2 aromatic heterocycles. The predicted octanol–water partition coefficient (Wildman–Crippen LogP) is 5.64. The van der Waals surface area contributed by atoms with Crippen LogP contribution in [0, 0.1) is 0 Å². The molecule has 1 amide bonds. The number of nitrogens with one attached hydrogen (secondary N) is 1. The third-order valence-electron chi connectivity index (χ3n) is 5.46. The van der Waals surface area contributed by atoms with Gasteiger partial charge in [-0.15, -0.1) is 11.3 Å². The number of nitrogens with zero attached hydrogens (tertiary/aromatic N) is 2. The maximum Gasteiger partial charge on any atom is 0.230 e. The summed E-state index contributed by atoms with van der Waals surface area (Å²) >= 11 is 3.10. The van der Waals surface area contributed by atoms with Crippen LogP contribution in [-0.2, 0) is 11.2 Å². The van der Waals surface area contributed by atoms with Gasteiger partial charge in [-0.25, -0.2) is 9.97 Å². The molecule has 0 bridgehead atoms. The van der Waals surface area contributed by atoms with Crippen LogP contribution in [0.5, 0.6) is 0 Å². The van der Waals surface area contributed by atoms with Crippen molar-refractivity contribution in [3.63, 3.8) is 0 Å². The van der Waals surface area contributed by atoms with Gasteiger partial charge in [-0.2, -0.15) is 0 Å². The number of amides is 1. The molecule has 0 aliphatic heterocycles. The van der Waals surface area contributed by atoms with Crippen molar-refractivity contribution in [3.05, 3.63) is 77.4 Å². The van der Waals surface area contributed by atoms with Gasteiger partial charge in [0.25, 0.3) is 0 Å². The average Bonchev–Trinajstić information content (AvgIpc) is 3.23. The van der Waals surface area contributed by atoms with Crippen LogP contribution in [0.2, 0.25) is 0 Å². The fourth-order valence-electron chi connectivity index (χ4n) is 4.06. The standard InChI is InChI=1S/C24H21N3OS2/c28-21(27-20-12-6-10-16-9-4-5-11-18(16)20)14-30-24-22-19(17-7-2-1-3-8-17)13-29-23(22)25-15-26-24/h1-5,7-9,11,13,15,20H,6,10,12,14H2,(H,27,28)/t20-/m0/s1. The minimum atomic E-state index is 0.0463. The highest BCUT2D eigenvalue weighted by Gasteiger charge is 2.22. The van der Waals surface area contributed by atoms with E-state index in [1.54, 1.807) is 17.7 Å². The van der Waals surface area contributed by atoms with Gasteiger partial charge in [-0.1, -0.05) is 66.4 Å². The molecule has 0 radical (unpaired) electrons. The third kappa shape index (κ3) is 3.85. The molecule has 0 unspecified atom stereocenters. The number of rotatable bonds is 5. The fourth-order valence-corrected chi connectivity index (χ4v) is 5.87. The molecule has 2 heterocycles. The highest BCUT2D eigenvalue weighted by molar-refractivity contribution is 8.00. The normalized spacial score (nSPS) is 15.7. The van der Waals surface area contributed by atoms with Crippen LogP contribution in [0.25, 0.3) is 21.3 Å². The molecule has 2 aromatic carbocycles. The average molecular weight is 432 g/mol. The minimum absolute atomic E-state index is 0.0463. The number of carbonyl (C=O) groups excluding carboxylic acids is 1. The predicted molar refractivity (Wildman–Crippen MR) is 124 cm³/mol. The molecule has 0 fully saturated rings. The number of aromatic nitrogens is 2. The van der Waals surface area contributed by atoms with Crippen molar-refractivity contribution in [1.29, 1.82) is 0 Å². The number of aryl methyl sites for hydroxylation is 1. The largest absolute Gasteiger partial charge is 0.349 e. The molecule has 5 rings (SSSR count). The van der Waals surface area contributed by atoms with E-state index in [4.69, 9.17) is 0 Å². The van der Waals surface area contributed by atoms with E-state index in [-0.39, 0.29) is 11.9 Å². The molecule has 4 nitrogen and oxygen atoms in total. The molecule has 150 valence electrons. The summed E-state index contributed by atoms with van der Waals surface area (Å²) in [5.41, 5.74) is 4.88. The lowest BCUT2D eigenvalue weighted by molar-refractivity contribution is -0.119. The lowest BCUT2D eigenvalue weighted by atomic mass is 9.88. The van der Waals surface area contributed by atoms with E-state index in [0.717, 1.165) is 45.6 Å². The van der Waals surface area contributed by atoms with Gasteiger partial charge in [0.2, 0.25) is 5.91 Å². The zero-order valence-corrected chi connectivity index (χ0v) is 18.0. The van der Waals surface area contributed by atoms with Crippen LogP contribution in [0.3, 0.4) is 0 Å². The number of hydrogen-bond donors (Lipinski definition) is 1. The Hall–Kier alpha value is -2.70. The van der Waals surface area contributed by atoms with E-state index in [1.807, 2.05) is 18.2 Å². The van der Waals surface area contributed by atoms with Crippen LogP contribution in [0.4, 0.5) is 0 Å². The van der Waals surface area contributed by atoms with Crippen LogP contribution >= 0.6 is 23.1 Å². The highest BCUT2D eigenvalue weighted by Crippen LogP contribution is 2.37. The monoisotopic (exact) mass is 431 g/mol. The molecular formula is C24H21N3OS2. The number of thioether (sulfide) groups is 1. The Labute approximate surface area is 183 Å². The third-order valence-corrected chi connectivity index (χ3v) is 7.34. The quantitative estimate of drug-likeness (QED) is 0.328. The maximum atomic E-state index is 12.8. The van der Waals surface area contributed by atoms with Crippen LogP contribution < -0.4 is 5.32 Å². The molecule has 1 aliphatic carbocycles. The Morgan fingerprint density at radius 1 is 1.10 bits per heavy atom. The van der Waals surface area contributed by atoms with E-state index in [2.05, 4.69) is 57.1 Å². The molecule has 4 aromatic rings. The number of carbonyl (C=O) groups is 1. The van der Waals surface area contributed by atoms with Crippen molar-refractivity contribution < 1.29 is 4.79 Å². The van der Waals surface area contributed by atoms with Gasteiger partial charge in [-0.3, -0.25) is 4.79 Å². The molecule has 30 heavy (non-hydrogen) atoms.